The molecular weight excluding hydrogens is 189 g/mol. The van der Waals surface area contributed by atoms with Crippen LogP contribution in [0, 0.1) is 0 Å². The van der Waals surface area contributed by atoms with E-state index < -0.39 is 0 Å². The van der Waals surface area contributed by atoms with Crippen molar-refractivity contribution >= 4 is 15.0 Å². The van der Waals surface area contributed by atoms with E-state index in [9.17, 15) is 0 Å². The first-order valence-corrected chi connectivity index (χ1v) is 5.39. The molecule has 0 amide bonds. The first-order valence-electron chi connectivity index (χ1n) is 4.82. The molecule has 0 aliphatic heterocycles. The van der Waals surface area contributed by atoms with Crippen LogP contribution in [0.1, 0.15) is 26.3 Å². The van der Waals surface area contributed by atoms with E-state index in [1.807, 2.05) is 6.07 Å². The largest absolute Gasteiger partial charge is 0.291 e. The molecule has 0 saturated heterocycles. The highest BCUT2D eigenvalue weighted by molar-refractivity contribution is 7.13. The van der Waals surface area contributed by atoms with Crippen LogP contribution in [-0.4, -0.2) is 5.54 Å². The molecule has 1 aromatic rings. The third kappa shape index (κ3) is 2.43. The molecule has 0 fully saturated rings. The van der Waals surface area contributed by atoms with Gasteiger partial charge in [0.15, 0.2) is 0 Å². The summed E-state index contributed by atoms with van der Waals surface area (Å²) in [5.41, 5.74) is 2.57. The summed E-state index contributed by atoms with van der Waals surface area (Å²) >= 11 is 0. The second kappa shape index (κ2) is 4.72. The normalized spacial score (nSPS) is 13.0. The molecule has 1 N–H and O–H groups in total. The Balaban J connectivity index is 3.07. The SMILES string of the molecule is C/C=C(\c1ccccc1)C(C)(C)NP. The number of hydrogen-bond acceptors (Lipinski definition) is 1. The Bertz CT molecular complexity index is 314. The summed E-state index contributed by atoms with van der Waals surface area (Å²) in [6.07, 6.45) is 2.16. The Morgan fingerprint density at radius 1 is 1.29 bits per heavy atom. The highest BCUT2D eigenvalue weighted by atomic mass is 31.0. The second-order valence-corrected chi connectivity index (χ2v) is 4.13. The van der Waals surface area contributed by atoms with Crippen molar-refractivity contribution in [2.75, 3.05) is 0 Å². The monoisotopic (exact) mass is 207 g/mol. The minimum Gasteiger partial charge on any atom is -0.291 e. The molecule has 1 atom stereocenters. The maximum atomic E-state index is 3.24. The minimum atomic E-state index is -0.0131. The van der Waals surface area contributed by atoms with Crippen LogP contribution in [-0.2, 0) is 0 Å². The van der Waals surface area contributed by atoms with Gasteiger partial charge < -0.3 is 0 Å². The molecule has 14 heavy (non-hydrogen) atoms. The van der Waals surface area contributed by atoms with Crippen molar-refractivity contribution in [1.82, 2.24) is 5.09 Å². The maximum absolute atomic E-state index is 3.24. The fraction of sp³-hybridized carbons (Fsp3) is 0.333. The summed E-state index contributed by atoms with van der Waals surface area (Å²) < 4.78 is 0. The number of nitrogens with one attached hydrogen (secondary N) is 1. The molecule has 2 heteroatoms. The van der Waals surface area contributed by atoms with Gasteiger partial charge in [0.2, 0.25) is 0 Å². The molecule has 0 aliphatic rings. The summed E-state index contributed by atoms with van der Waals surface area (Å²) in [7, 11) is 2.58. The Kier molecular flexibility index (Phi) is 3.86. The molecule has 1 rings (SSSR count). The molecule has 0 aliphatic carbocycles. The summed E-state index contributed by atoms with van der Waals surface area (Å²) in [6, 6.07) is 10.4. The van der Waals surface area contributed by atoms with Crippen molar-refractivity contribution in [2.45, 2.75) is 26.3 Å². The predicted molar refractivity (Wildman–Crippen MR) is 67.0 cm³/mol. The van der Waals surface area contributed by atoms with E-state index in [-0.39, 0.29) is 5.54 Å². The average molecular weight is 207 g/mol. The molecule has 0 heterocycles. The molecule has 1 aromatic carbocycles. The standard InChI is InChI=1S/C12H18NP/c1-4-11(12(2,3)13-14)10-8-6-5-7-9-10/h4-9,13H,14H2,1-3H3/b11-4+. The van der Waals surface area contributed by atoms with Crippen LogP contribution in [0.5, 0.6) is 0 Å². The lowest BCUT2D eigenvalue weighted by atomic mass is 9.89. The molecule has 0 bridgehead atoms. The van der Waals surface area contributed by atoms with Crippen molar-refractivity contribution in [3.63, 3.8) is 0 Å². The molecule has 1 nitrogen and oxygen atoms in total. The van der Waals surface area contributed by atoms with Gasteiger partial charge in [0.25, 0.3) is 0 Å². The quantitative estimate of drug-likeness (QED) is 0.750. The van der Waals surface area contributed by atoms with Crippen LogP contribution in [0.25, 0.3) is 5.57 Å². The summed E-state index contributed by atoms with van der Waals surface area (Å²) in [6.45, 7) is 6.41. The zero-order chi connectivity index (χ0) is 10.6. The van der Waals surface area contributed by atoms with Crippen LogP contribution >= 0.6 is 9.39 Å². The Labute approximate surface area is 88.9 Å². The Morgan fingerprint density at radius 2 is 1.86 bits per heavy atom. The Hall–Kier alpha value is -0.650. The molecule has 0 aromatic heterocycles. The lowest BCUT2D eigenvalue weighted by Gasteiger charge is -2.27. The average Bonchev–Trinajstić information content (AvgIpc) is 2.20. The molecule has 76 valence electrons. The number of rotatable bonds is 3. The van der Waals surface area contributed by atoms with Gasteiger partial charge in [-0.3, -0.25) is 5.09 Å². The second-order valence-electron chi connectivity index (χ2n) is 3.84. The van der Waals surface area contributed by atoms with Gasteiger partial charge in [-0.05, 0) is 31.9 Å². The van der Waals surface area contributed by atoms with E-state index in [4.69, 9.17) is 0 Å². The van der Waals surface area contributed by atoms with Crippen molar-refractivity contribution in [3.8, 4) is 0 Å². The highest BCUT2D eigenvalue weighted by Gasteiger charge is 2.20. The van der Waals surface area contributed by atoms with Gasteiger partial charge >= 0.3 is 0 Å². The van der Waals surface area contributed by atoms with Gasteiger partial charge in [0.05, 0.1) is 0 Å². The van der Waals surface area contributed by atoms with E-state index in [1.165, 1.54) is 11.1 Å². The summed E-state index contributed by atoms with van der Waals surface area (Å²) in [5, 5.41) is 3.24. The summed E-state index contributed by atoms with van der Waals surface area (Å²) in [5.74, 6) is 0. The zero-order valence-electron chi connectivity index (χ0n) is 9.04. The third-order valence-corrected chi connectivity index (χ3v) is 3.13. The molecule has 0 saturated carbocycles. The number of hydrogen-bond donors (Lipinski definition) is 1. The molecule has 0 radical (unpaired) electrons. The molecule has 0 spiro atoms. The molecular formula is C12H18NP. The van der Waals surface area contributed by atoms with Crippen LogP contribution in [0.4, 0.5) is 0 Å². The van der Waals surface area contributed by atoms with E-state index in [2.05, 4.69) is 65.6 Å². The number of allylic oxidation sites excluding steroid dienone is 1. The van der Waals surface area contributed by atoms with Crippen LogP contribution in [0.3, 0.4) is 0 Å². The van der Waals surface area contributed by atoms with Gasteiger partial charge in [-0.1, -0.05) is 45.8 Å². The van der Waals surface area contributed by atoms with Gasteiger partial charge in [-0.2, -0.15) is 0 Å². The minimum absolute atomic E-state index is 0.0131. The first kappa shape index (κ1) is 11.4. The fourth-order valence-corrected chi connectivity index (χ4v) is 1.74. The van der Waals surface area contributed by atoms with Crippen molar-refractivity contribution in [3.05, 3.63) is 42.0 Å². The van der Waals surface area contributed by atoms with Gasteiger partial charge in [0.1, 0.15) is 0 Å². The van der Waals surface area contributed by atoms with Gasteiger partial charge in [-0.15, -0.1) is 0 Å². The van der Waals surface area contributed by atoms with Crippen LogP contribution < -0.4 is 5.09 Å². The summed E-state index contributed by atoms with van der Waals surface area (Å²) in [4.78, 5) is 0. The predicted octanol–water partition coefficient (Wildman–Crippen LogP) is 3.25. The lowest BCUT2D eigenvalue weighted by molar-refractivity contribution is 0.623. The molecule has 1 unspecified atom stereocenters. The van der Waals surface area contributed by atoms with E-state index >= 15 is 0 Å². The maximum Gasteiger partial charge on any atom is 0.0410 e. The smallest absolute Gasteiger partial charge is 0.0410 e. The topological polar surface area (TPSA) is 12.0 Å². The van der Waals surface area contributed by atoms with E-state index in [0.29, 0.717) is 0 Å². The van der Waals surface area contributed by atoms with Crippen molar-refractivity contribution in [2.24, 2.45) is 0 Å². The Morgan fingerprint density at radius 3 is 2.29 bits per heavy atom. The van der Waals surface area contributed by atoms with Crippen LogP contribution in [0.15, 0.2) is 36.4 Å². The highest BCUT2D eigenvalue weighted by Crippen LogP contribution is 2.27. The van der Waals surface area contributed by atoms with E-state index in [0.717, 1.165) is 0 Å². The number of benzene rings is 1. The zero-order valence-corrected chi connectivity index (χ0v) is 10.2. The van der Waals surface area contributed by atoms with Crippen LogP contribution in [0.2, 0.25) is 0 Å². The van der Waals surface area contributed by atoms with Gasteiger partial charge in [0, 0.05) is 5.54 Å². The van der Waals surface area contributed by atoms with Crippen molar-refractivity contribution < 1.29 is 0 Å². The van der Waals surface area contributed by atoms with E-state index in [1.54, 1.807) is 0 Å². The van der Waals surface area contributed by atoms with Crippen molar-refractivity contribution in [1.29, 1.82) is 0 Å². The van der Waals surface area contributed by atoms with Gasteiger partial charge in [-0.25, -0.2) is 0 Å². The first-order chi connectivity index (χ1) is 6.61. The third-order valence-electron chi connectivity index (χ3n) is 2.41. The fourth-order valence-electron chi connectivity index (χ4n) is 1.58. The lowest BCUT2D eigenvalue weighted by Crippen LogP contribution is -2.33.